The molecular formula is C13H16N4O. The number of pyridine rings is 1. The van der Waals surface area contributed by atoms with Crippen molar-refractivity contribution in [3.05, 3.63) is 30.6 Å². The number of rotatable bonds is 2. The minimum Gasteiger partial charge on any atom is -0.378 e. The minimum absolute atomic E-state index is 0.777. The molecule has 1 aliphatic rings. The third kappa shape index (κ3) is 2.22. The van der Waals surface area contributed by atoms with Gasteiger partial charge in [-0.2, -0.15) is 5.10 Å². The first-order chi connectivity index (χ1) is 8.83. The number of anilines is 1. The van der Waals surface area contributed by atoms with Gasteiger partial charge in [-0.25, -0.2) is 4.98 Å². The van der Waals surface area contributed by atoms with Gasteiger partial charge < -0.3 is 9.64 Å². The molecule has 94 valence electrons. The largest absolute Gasteiger partial charge is 0.378 e. The van der Waals surface area contributed by atoms with Crippen molar-refractivity contribution >= 4 is 5.82 Å². The molecule has 0 saturated carbocycles. The van der Waals surface area contributed by atoms with Crippen molar-refractivity contribution in [2.75, 3.05) is 31.2 Å². The summed E-state index contributed by atoms with van der Waals surface area (Å²) >= 11 is 0. The zero-order valence-corrected chi connectivity index (χ0v) is 10.4. The Morgan fingerprint density at radius 3 is 2.78 bits per heavy atom. The third-order valence-electron chi connectivity index (χ3n) is 3.07. The first-order valence-electron chi connectivity index (χ1n) is 6.12. The van der Waals surface area contributed by atoms with E-state index < -0.39 is 0 Å². The number of ether oxygens (including phenoxy) is 1. The predicted molar refractivity (Wildman–Crippen MR) is 69.5 cm³/mol. The van der Waals surface area contributed by atoms with E-state index in [0.29, 0.717) is 0 Å². The molecule has 3 heterocycles. The second kappa shape index (κ2) is 4.78. The fraction of sp³-hybridized carbons (Fsp3) is 0.385. The molecule has 18 heavy (non-hydrogen) atoms. The van der Waals surface area contributed by atoms with Gasteiger partial charge in [0.15, 0.2) is 0 Å². The van der Waals surface area contributed by atoms with Crippen LogP contribution in [0.25, 0.3) is 11.3 Å². The Labute approximate surface area is 106 Å². The second-order valence-electron chi connectivity index (χ2n) is 4.38. The molecule has 0 aliphatic carbocycles. The van der Waals surface area contributed by atoms with Gasteiger partial charge in [0.25, 0.3) is 0 Å². The highest BCUT2D eigenvalue weighted by atomic mass is 16.5. The lowest BCUT2D eigenvalue weighted by Crippen LogP contribution is -2.36. The molecule has 0 atom stereocenters. The van der Waals surface area contributed by atoms with Crippen LogP contribution in [-0.2, 0) is 11.8 Å². The average molecular weight is 244 g/mol. The summed E-state index contributed by atoms with van der Waals surface area (Å²) in [6, 6.07) is 6.10. The van der Waals surface area contributed by atoms with Gasteiger partial charge in [-0.3, -0.25) is 4.68 Å². The standard InChI is InChI=1S/C13H16N4O/c1-16-10-11(9-14-16)12-3-2-4-13(15-12)17-5-7-18-8-6-17/h2-4,9-10H,5-8H2,1H3. The molecule has 0 radical (unpaired) electrons. The smallest absolute Gasteiger partial charge is 0.129 e. The number of hydrogen-bond acceptors (Lipinski definition) is 4. The highest BCUT2D eigenvalue weighted by Crippen LogP contribution is 2.20. The van der Waals surface area contributed by atoms with Crippen molar-refractivity contribution in [1.82, 2.24) is 14.8 Å². The molecule has 0 aromatic carbocycles. The van der Waals surface area contributed by atoms with E-state index in [1.807, 2.05) is 37.6 Å². The van der Waals surface area contributed by atoms with Crippen LogP contribution in [0.3, 0.4) is 0 Å². The maximum absolute atomic E-state index is 5.36. The van der Waals surface area contributed by atoms with E-state index in [2.05, 4.69) is 10.00 Å². The van der Waals surface area contributed by atoms with E-state index in [1.54, 1.807) is 4.68 Å². The Kier molecular flexibility index (Phi) is 2.98. The summed E-state index contributed by atoms with van der Waals surface area (Å²) in [5, 5.41) is 4.18. The Bertz CT molecular complexity index is 531. The van der Waals surface area contributed by atoms with E-state index in [4.69, 9.17) is 9.72 Å². The van der Waals surface area contributed by atoms with Crippen molar-refractivity contribution < 1.29 is 4.74 Å². The number of hydrogen-bond donors (Lipinski definition) is 0. The van der Waals surface area contributed by atoms with Crippen LogP contribution in [0, 0.1) is 0 Å². The molecule has 3 rings (SSSR count). The van der Waals surface area contributed by atoms with E-state index in [-0.39, 0.29) is 0 Å². The number of nitrogens with zero attached hydrogens (tertiary/aromatic N) is 4. The fourth-order valence-corrected chi connectivity index (χ4v) is 2.11. The Hall–Kier alpha value is -1.88. The van der Waals surface area contributed by atoms with Crippen LogP contribution >= 0.6 is 0 Å². The van der Waals surface area contributed by atoms with Crippen LogP contribution in [0.5, 0.6) is 0 Å². The molecule has 0 amide bonds. The van der Waals surface area contributed by atoms with Gasteiger partial charge in [0, 0.05) is 31.9 Å². The summed E-state index contributed by atoms with van der Waals surface area (Å²) in [6.45, 7) is 3.37. The lowest BCUT2D eigenvalue weighted by molar-refractivity contribution is 0.122. The number of aromatic nitrogens is 3. The fourth-order valence-electron chi connectivity index (χ4n) is 2.11. The molecule has 1 saturated heterocycles. The second-order valence-corrected chi connectivity index (χ2v) is 4.38. The van der Waals surface area contributed by atoms with E-state index in [1.165, 1.54) is 0 Å². The van der Waals surface area contributed by atoms with Gasteiger partial charge in [-0.15, -0.1) is 0 Å². The average Bonchev–Trinajstić information content (AvgIpc) is 2.87. The molecule has 0 unspecified atom stereocenters. The zero-order valence-electron chi connectivity index (χ0n) is 10.4. The van der Waals surface area contributed by atoms with Gasteiger partial charge in [-0.1, -0.05) is 6.07 Å². The highest BCUT2D eigenvalue weighted by Gasteiger charge is 2.13. The zero-order chi connectivity index (χ0) is 12.4. The summed E-state index contributed by atoms with van der Waals surface area (Å²) in [6.07, 6.45) is 3.82. The van der Waals surface area contributed by atoms with Gasteiger partial charge in [0.2, 0.25) is 0 Å². The van der Waals surface area contributed by atoms with Crippen molar-refractivity contribution in [2.24, 2.45) is 7.05 Å². The van der Waals surface area contributed by atoms with E-state index in [0.717, 1.165) is 43.4 Å². The SMILES string of the molecule is Cn1cc(-c2cccc(N3CCOCC3)n2)cn1. The van der Waals surface area contributed by atoms with Gasteiger partial charge in [0.1, 0.15) is 5.82 Å². The topological polar surface area (TPSA) is 43.2 Å². The van der Waals surface area contributed by atoms with Crippen LogP contribution in [0.4, 0.5) is 5.82 Å². The van der Waals surface area contributed by atoms with Crippen molar-refractivity contribution in [2.45, 2.75) is 0 Å². The Morgan fingerprint density at radius 2 is 2.06 bits per heavy atom. The van der Waals surface area contributed by atoms with Crippen molar-refractivity contribution in [1.29, 1.82) is 0 Å². The molecular weight excluding hydrogens is 228 g/mol. The Balaban J connectivity index is 1.88. The molecule has 5 heteroatoms. The van der Waals surface area contributed by atoms with E-state index >= 15 is 0 Å². The molecule has 2 aromatic rings. The first-order valence-corrected chi connectivity index (χ1v) is 6.12. The van der Waals surface area contributed by atoms with Crippen LogP contribution in [0.2, 0.25) is 0 Å². The maximum Gasteiger partial charge on any atom is 0.129 e. The molecule has 2 aromatic heterocycles. The normalized spacial score (nSPS) is 15.9. The minimum atomic E-state index is 0.777. The lowest BCUT2D eigenvalue weighted by atomic mass is 10.2. The first kappa shape index (κ1) is 11.2. The lowest BCUT2D eigenvalue weighted by Gasteiger charge is -2.27. The van der Waals surface area contributed by atoms with Gasteiger partial charge >= 0.3 is 0 Å². The van der Waals surface area contributed by atoms with Crippen LogP contribution in [-0.4, -0.2) is 41.1 Å². The number of aryl methyl sites for hydroxylation is 1. The van der Waals surface area contributed by atoms with Gasteiger partial charge in [-0.05, 0) is 12.1 Å². The van der Waals surface area contributed by atoms with E-state index in [9.17, 15) is 0 Å². The molecule has 0 N–H and O–H groups in total. The van der Waals surface area contributed by atoms with Crippen LogP contribution < -0.4 is 4.90 Å². The van der Waals surface area contributed by atoms with Crippen molar-refractivity contribution in [3.8, 4) is 11.3 Å². The van der Waals surface area contributed by atoms with Crippen LogP contribution in [0.15, 0.2) is 30.6 Å². The van der Waals surface area contributed by atoms with Gasteiger partial charge in [0.05, 0.1) is 25.1 Å². The summed E-state index contributed by atoms with van der Waals surface area (Å²) in [7, 11) is 1.91. The molecule has 1 fully saturated rings. The molecule has 1 aliphatic heterocycles. The summed E-state index contributed by atoms with van der Waals surface area (Å²) < 4.78 is 7.15. The molecule has 0 bridgehead atoms. The predicted octanol–water partition coefficient (Wildman–Crippen LogP) is 1.32. The molecule has 0 spiro atoms. The molecule has 5 nitrogen and oxygen atoms in total. The maximum atomic E-state index is 5.36. The highest BCUT2D eigenvalue weighted by molar-refractivity contribution is 5.59. The monoisotopic (exact) mass is 244 g/mol. The third-order valence-corrected chi connectivity index (χ3v) is 3.07. The summed E-state index contributed by atoms with van der Waals surface area (Å²) in [5.74, 6) is 1.01. The Morgan fingerprint density at radius 1 is 1.22 bits per heavy atom. The summed E-state index contributed by atoms with van der Waals surface area (Å²) in [5.41, 5.74) is 2.01. The quantitative estimate of drug-likeness (QED) is 0.799. The summed E-state index contributed by atoms with van der Waals surface area (Å²) in [4.78, 5) is 6.95. The van der Waals surface area contributed by atoms with Crippen LogP contribution in [0.1, 0.15) is 0 Å². The van der Waals surface area contributed by atoms with Crippen molar-refractivity contribution in [3.63, 3.8) is 0 Å². The number of morpholine rings is 1.